The lowest BCUT2D eigenvalue weighted by molar-refractivity contribution is 0.141. The van der Waals surface area contributed by atoms with Crippen molar-refractivity contribution < 1.29 is 0 Å². The Bertz CT molecular complexity index is 391. The van der Waals surface area contributed by atoms with Crippen molar-refractivity contribution in [2.75, 3.05) is 26.2 Å². The Balaban J connectivity index is 0.000000902. The largest absolute Gasteiger partial charge is 0.314 e. The minimum Gasteiger partial charge on any atom is -0.314 e. The van der Waals surface area contributed by atoms with Gasteiger partial charge in [0.25, 0.3) is 0 Å². The van der Waals surface area contributed by atoms with Gasteiger partial charge in [0.2, 0.25) is 0 Å². The summed E-state index contributed by atoms with van der Waals surface area (Å²) in [6.07, 6.45) is 2.59. The van der Waals surface area contributed by atoms with E-state index in [1.807, 2.05) is 0 Å². The summed E-state index contributed by atoms with van der Waals surface area (Å²) in [5.74, 6) is 0.693. The molecule has 0 spiro atoms. The smallest absolute Gasteiger partial charge is 0.0166 e. The topological polar surface area (TPSA) is 15.3 Å². The fourth-order valence-electron chi connectivity index (χ4n) is 3.48. The lowest BCUT2D eigenvalue weighted by atomic mass is 9.79. The molecule has 1 aromatic rings. The molecule has 0 aromatic heterocycles. The molecule has 19 heavy (non-hydrogen) atoms. The normalized spacial score (nSPS) is 26.8. The molecule has 1 heterocycles. The van der Waals surface area contributed by atoms with Gasteiger partial charge in [0.15, 0.2) is 0 Å². The van der Waals surface area contributed by atoms with E-state index in [1.54, 1.807) is 11.1 Å². The van der Waals surface area contributed by atoms with Crippen LogP contribution in [0.3, 0.4) is 0 Å². The summed E-state index contributed by atoms with van der Waals surface area (Å²) in [5, 5.41) is 3.45. The molecule has 1 N–H and O–H groups in total. The fourth-order valence-corrected chi connectivity index (χ4v) is 3.48. The van der Waals surface area contributed by atoms with Crippen molar-refractivity contribution in [3.63, 3.8) is 0 Å². The van der Waals surface area contributed by atoms with Gasteiger partial charge in [0, 0.05) is 32.2 Å². The highest BCUT2D eigenvalue weighted by molar-refractivity contribution is 5.85. The molecule has 108 valence electrons. The summed E-state index contributed by atoms with van der Waals surface area (Å²) in [6.45, 7) is 7.16. The van der Waals surface area contributed by atoms with E-state index in [0.29, 0.717) is 5.92 Å². The Morgan fingerprint density at radius 2 is 1.79 bits per heavy atom. The van der Waals surface area contributed by atoms with Crippen LogP contribution in [0.25, 0.3) is 0 Å². The Hall–Kier alpha value is -0.280. The van der Waals surface area contributed by atoms with E-state index in [0.717, 1.165) is 19.1 Å². The number of nitrogens with zero attached hydrogens (tertiary/aromatic N) is 1. The number of piperazine rings is 1. The lowest BCUT2D eigenvalue weighted by Crippen LogP contribution is -2.51. The molecule has 1 fully saturated rings. The predicted octanol–water partition coefficient (Wildman–Crippen LogP) is 2.85. The minimum absolute atomic E-state index is 0. The maximum atomic E-state index is 3.45. The van der Waals surface area contributed by atoms with E-state index in [2.05, 4.69) is 41.4 Å². The molecule has 1 aromatic carbocycles. The molecule has 1 aliphatic heterocycles. The molecule has 4 heteroatoms. The van der Waals surface area contributed by atoms with Gasteiger partial charge in [-0.05, 0) is 29.9 Å². The van der Waals surface area contributed by atoms with Crippen LogP contribution >= 0.6 is 24.8 Å². The van der Waals surface area contributed by atoms with Gasteiger partial charge in [0.1, 0.15) is 0 Å². The molecule has 0 bridgehead atoms. The maximum absolute atomic E-state index is 3.45. The standard InChI is InChI=1S/C15H22N2.2ClH/c1-12-14-5-3-2-4-13(14)6-7-15(12)17-10-8-16-9-11-17;;/h2-5,12,15-16H,6-11H2,1H3;2*1H. The summed E-state index contributed by atoms with van der Waals surface area (Å²) < 4.78 is 0. The van der Waals surface area contributed by atoms with Gasteiger partial charge in [-0.3, -0.25) is 4.90 Å². The van der Waals surface area contributed by atoms with Crippen molar-refractivity contribution >= 4 is 24.8 Å². The number of hydrogen-bond acceptors (Lipinski definition) is 2. The molecule has 2 nitrogen and oxygen atoms in total. The van der Waals surface area contributed by atoms with Crippen LogP contribution in [0, 0.1) is 0 Å². The molecule has 1 aliphatic carbocycles. The van der Waals surface area contributed by atoms with E-state index in [-0.39, 0.29) is 24.8 Å². The van der Waals surface area contributed by atoms with Crippen LogP contribution in [-0.2, 0) is 6.42 Å². The van der Waals surface area contributed by atoms with E-state index in [9.17, 15) is 0 Å². The average molecular weight is 303 g/mol. The van der Waals surface area contributed by atoms with E-state index >= 15 is 0 Å². The van der Waals surface area contributed by atoms with Crippen molar-refractivity contribution in [3.8, 4) is 0 Å². The third kappa shape index (κ3) is 3.43. The predicted molar refractivity (Wildman–Crippen MR) is 85.9 cm³/mol. The van der Waals surface area contributed by atoms with Crippen molar-refractivity contribution in [1.29, 1.82) is 0 Å². The number of fused-ring (bicyclic) bond motifs is 1. The molecule has 2 atom stereocenters. The van der Waals surface area contributed by atoms with Crippen LogP contribution in [0.4, 0.5) is 0 Å². The Morgan fingerprint density at radius 1 is 1.11 bits per heavy atom. The van der Waals surface area contributed by atoms with Crippen LogP contribution < -0.4 is 5.32 Å². The lowest BCUT2D eigenvalue weighted by Gasteiger charge is -2.41. The SMILES string of the molecule is CC1c2ccccc2CCC1N1CCNCC1.Cl.Cl. The highest BCUT2D eigenvalue weighted by atomic mass is 35.5. The van der Waals surface area contributed by atoms with Gasteiger partial charge < -0.3 is 5.32 Å². The zero-order valence-electron chi connectivity index (χ0n) is 11.5. The number of halogens is 2. The third-order valence-corrected chi connectivity index (χ3v) is 4.45. The van der Waals surface area contributed by atoms with Crippen LogP contribution in [0.5, 0.6) is 0 Å². The molecule has 0 amide bonds. The molecular formula is C15H24Cl2N2. The van der Waals surface area contributed by atoms with Crippen molar-refractivity contribution in [3.05, 3.63) is 35.4 Å². The van der Waals surface area contributed by atoms with E-state index in [1.165, 1.54) is 25.9 Å². The highest BCUT2D eigenvalue weighted by Gasteiger charge is 2.30. The van der Waals surface area contributed by atoms with Gasteiger partial charge in [-0.15, -0.1) is 24.8 Å². The van der Waals surface area contributed by atoms with Crippen molar-refractivity contribution in [2.24, 2.45) is 0 Å². The number of aryl methyl sites for hydroxylation is 1. The first-order valence-electron chi connectivity index (χ1n) is 6.89. The monoisotopic (exact) mass is 302 g/mol. The molecule has 2 unspecified atom stereocenters. The first kappa shape index (κ1) is 16.8. The highest BCUT2D eigenvalue weighted by Crippen LogP contribution is 2.34. The van der Waals surface area contributed by atoms with E-state index < -0.39 is 0 Å². The van der Waals surface area contributed by atoms with Crippen molar-refractivity contribution in [1.82, 2.24) is 10.2 Å². The molecule has 2 aliphatic rings. The first-order chi connectivity index (χ1) is 8.36. The second-order valence-electron chi connectivity index (χ2n) is 5.38. The van der Waals surface area contributed by atoms with Crippen LogP contribution in [0.2, 0.25) is 0 Å². The molecule has 0 saturated carbocycles. The number of hydrogen-bond donors (Lipinski definition) is 1. The van der Waals surface area contributed by atoms with Crippen LogP contribution in [0.15, 0.2) is 24.3 Å². The van der Waals surface area contributed by atoms with Gasteiger partial charge in [0.05, 0.1) is 0 Å². The summed E-state index contributed by atoms with van der Waals surface area (Å²) in [5.41, 5.74) is 3.16. The van der Waals surface area contributed by atoms with E-state index in [4.69, 9.17) is 0 Å². The summed E-state index contributed by atoms with van der Waals surface area (Å²) in [7, 11) is 0. The molecular weight excluding hydrogens is 279 g/mol. The second kappa shape index (κ2) is 7.49. The molecule has 1 saturated heterocycles. The second-order valence-corrected chi connectivity index (χ2v) is 5.38. The summed E-state index contributed by atoms with van der Waals surface area (Å²) >= 11 is 0. The van der Waals surface area contributed by atoms with Gasteiger partial charge in [-0.2, -0.15) is 0 Å². The zero-order chi connectivity index (χ0) is 11.7. The Kier molecular flexibility index (Phi) is 6.61. The van der Waals surface area contributed by atoms with Crippen molar-refractivity contribution in [2.45, 2.75) is 31.7 Å². The maximum Gasteiger partial charge on any atom is 0.0166 e. The van der Waals surface area contributed by atoms with Crippen LogP contribution in [0.1, 0.15) is 30.4 Å². The Labute approximate surface area is 128 Å². The van der Waals surface area contributed by atoms with Crippen LogP contribution in [-0.4, -0.2) is 37.1 Å². The zero-order valence-corrected chi connectivity index (χ0v) is 13.1. The van der Waals surface area contributed by atoms with Gasteiger partial charge in [-0.25, -0.2) is 0 Å². The molecule has 3 rings (SSSR count). The van der Waals surface area contributed by atoms with Gasteiger partial charge >= 0.3 is 0 Å². The minimum atomic E-state index is 0. The number of rotatable bonds is 1. The number of benzene rings is 1. The number of nitrogens with one attached hydrogen (secondary N) is 1. The Morgan fingerprint density at radius 3 is 2.53 bits per heavy atom. The summed E-state index contributed by atoms with van der Waals surface area (Å²) in [4.78, 5) is 2.69. The average Bonchev–Trinajstić information content (AvgIpc) is 2.40. The third-order valence-electron chi connectivity index (χ3n) is 4.45. The fraction of sp³-hybridized carbons (Fsp3) is 0.600. The first-order valence-corrected chi connectivity index (χ1v) is 6.89. The summed E-state index contributed by atoms with van der Waals surface area (Å²) in [6, 6.07) is 9.76. The van der Waals surface area contributed by atoms with Gasteiger partial charge in [-0.1, -0.05) is 31.2 Å². The molecule has 0 radical (unpaired) electrons. The quantitative estimate of drug-likeness (QED) is 0.858.